The number of rotatable bonds is 4. The summed E-state index contributed by atoms with van der Waals surface area (Å²) < 4.78 is 34.9. The molecule has 2 N–H and O–H groups in total. The summed E-state index contributed by atoms with van der Waals surface area (Å²) in [7, 11) is 0. The van der Waals surface area contributed by atoms with Gasteiger partial charge in [0.15, 0.2) is 0 Å². The summed E-state index contributed by atoms with van der Waals surface area (Å²) in [6.07, 6.45) is -5.27. The van der Waals surface area contributed by atoms with Gasteiger partial charge in [0.2, 0.25) is 0 Å². The number of carboxylic acids is 1. The van der Waals surface area contributed by atoms with Gasteiger partial charge in [-0.1, -0.05) is 0 Å². The van der Waals surface area contributed by atoms with Crippen LogP contribution < -0.4 is 5.32 Å². The van der Waals surface area contributed by atoms with Crippen molar-refractivity contribution in [2.75, 3.05) is 6.54 Å². The first-order chi connectivity index (χ1) is 5.65. The fourth-order valence-corrected chi connectivity index (χ4v) is 0.592. The monoisotopic (exact) mass is 199 g/mol. The summed E-state index contributed by atoms with van der Waals surface area (Å²) >= 11 is 0. The van der Waals surface area contributed by atoms with Crippen molar-refractivity contribution in [3.63, 3.8) is 0 Å². The van der Waals surface area contributed by atoms with Crippen LogP contribution in [-0.4, -0.2) is 29.3 Å². The van der Waals surface area contributed by atoms with Crippen LogP contribution in [0.1, 0.15) is 20.3 Å². The Morgan fingerprint density at radius 3 is 2.15 bits per heavy atom. The van der Waals surface area contributed by atoms with Crippen LogP contribution in [0.15, 0.2) is 0 Å². The van der Waals surface area contributed by atoms with Crippen molar-refractivity contribution >= 4 is 5.97 Å². The minimum absolute atomic E-state index is 0.386. The van der Waals surface area contributed by atoms with Crippen LogP contribution in [0.25, 0.3) is 0 Å². The van der Waals surface area contributed by atoms with Crippen LogP contribution in [0.5, 0.6) is 0 Å². The van der Waals surface area contributed by atoms with Crippen molar-refractivity contribution in [3.05, 3.63) is 0 Å². The molecule has 0 aliphatic carbocycles. The van der Waals surface area contributed by atoms with Gasteiger partial charge < -0.3 is 10.4 Å². The number of aliphatic carboxylic acids is 1. The fourth-order valence-electron chi connectivity index (χ4n) is 0.592. The topological polar surface area (TPSA) is 49.3 Å². The van der Waals surface area contributed by atoms with E-state index in [1.807, 2.05) is 0 Å². The highest BCUT2D eigenvalue weighted by Crippen LogP contribution is 2.18. The van der Waals surface area contributed by atoms with E-state index in [1.165, 1.54) is 13.8 Å². The third kappa shape index (κ3) is 5.46. The third-order valence-corrected chi connectivity index (χ3v) is 1.51. The second-order valence-corrected chi connectivity index (χ2v) is 3.22. The molecule has 0 aromatic carbocycles. The van der Waals surface area contributed by atoms with Crippen molar-refractivity contribution in [2.45, 2.75) is 32.0 Å². The highest BCUT2D eigenvalue weighted by Gasteiger charge is 2.30. The van der Waals surface area contributed by atoms with Gasteiger partial charge >= 0.3 is 12.1 Å². The van der Waals surface area contributed by atoms with E-state index in [1.54, 1.807) is 0 Å². The molecule has 0 bridgehead atoms. The van der Waals surface area contributed by atoms with Crippen molar-refractivity contribution in [1.29, 1.82) is 0 Å². The average molecular weight is 199 g/mol. The molecule has 0 spiro atoms. The van der Waals surface area contributed by atoms with Crippen molar-refractivity contribution < 1.29 is 23.1 Å². The summed E-state index contributed by atoms with van der Waals surface area (Å²) in [4.78, 5) is 10.4. The number of alkyl halides is 3. The quantitative estimate of drug-likeness (QED) is 0.719. The van der Waals surface area contributed by atoms with E-state index in [2.05, 4.69) is 5.32 Å². The maximum absolute atomic E-state index is 11.6. The molecule has 0 heterocycles. The summed E-state index contributed by atoms with van der Waals surface area (Å²) in [5.41, 5.74) is -1.31. The maximum atomic E-state index is 11.6. The van der Waals surface area contributed by atoms with E-state index in [9.17, 15) is 18.0 Å². The zero-order chi connectivity index (χ0) is 10.7. The molecular weight excluding hydrogens is 187 g/mol. The maximum Gasteiger partial charge on any atom is 0.390 e. The molecule has 0 aliphatic rings. The zero-order valence-electron chi connectivity index (χ0n) is 7.40. The Hall–Kier alpha value is -0.780. The lowest BCUT2D eigenvalue weighted by Gasteiger charge is -2.21. The number of halogens is 3. The lowest BCUT2D eigenvalue weighted by molar-refractivity contribution is -0.146. The second-order valence-electron chi connectivity index (χ2n) is 3.22. The summed E-state index contributed by atoms with van der Waals surface area (Å²) in [5.74, 6) is -1.17. The van der Waals surface area contributed by atoms with E-state index < -0.39 is 24.1 Å². The number of hydrogen-bond acceptors (Lipinski definition) is 2. The average Bonchev–Trinajstić information content (AvgIpc) is 1.82. The largest absolute Gasteiger partial charge is 0.480 e. The standard InChI is InChI=1S/C7H12F3NO2/c1-6(2,5(12)13)11-4-3-7(8,9)10/h11H,3-4H2,1-2H3,(H,12,13). The predicted molar refractivity (Wildman–Crippen MR) is 40.4 cm³/mol. The molecule has 13 heavy (non-hydrogen) atoms. The molecule has 0 atom stereocenters. The summed E-state index contributed by atoms with van der Waals surface area (Å²) in [6.45, 7) is 2.24. The molecule has 0 amide bonds. The molecular formula is C7H12F3NO2. The van der Waals surface area contributed by atoms with Crippen LogP contribution >= 0.6 is 0 Å². The molecule has 3 nitrogen and oxygen atoms in total. The minimum Gasteiger partial charge on any atom is -0.480 e. The van der Waals surface area contributed by atoms with Gasteiger partial charge in [-0.05, 0) is 13.8 Å². The van der Waals surface area contributed by atoms with Gasteiger partial charge in [0.1, 0.15) is 5.54 Å². The first-order valence-electron chi connectivity index (χ1n) is 3.70. The normalized spacial score (nSPS) is 13.0. The molecule has 0 unspecified atom stereocenters. The van der Waals surface area contributed by atoms with Crippen LogP contribution in [0.3, 0.4) is 0 Å². The Balaban J connectivity index is 3.84. The number of hydrogen-bond donors (Lipinski definition) is 2. The van der Waals surface area contributed by atoms with E-state index in [0.29, 0.717) is 0 Å². The Morgan fingerprint density at radius 1 is 1.38 bits per heavy atom. The Labute approximate surface area is 73.9 Å². The van der Waals surface area contributed by atoms with Crippen molar-refractivity contribution in [1.82, 2.24) is 5.32 Å². The predicted octanol–water partition coefficient (Wildman–Crippen LogP) is 1.39. The first kappa shape index (κ1) is 12.2. The highest BCUT2D eigenvalue weighted by molar-refractivity contribution is 5.77. The zero-order valence-corrected chi connectivity index (χ0v) is 7.40. The number of carboxylic acid groups (broad SMARTS) is 1. The van der Waals surface area contributed by atoms with Gasteiger partial charge in [-0.25, -0.2) is 0 Å². The Bertz CT molecular complexity index is 189. The van der Waals surface area contributed by atoms with Gasteiger partial charge in [-0.3, -0.25) is 4.79 Å². The van der Waals surface area contributed by atoms with Crippen molar-refractivity contribution in [2.24, 2.45) is 0 Å². The van der Waals surface area contributed by atoms with E-state index >= 15 is 0 Å². The summed E-state index contributed by atoms with van der Waals surface area (Å²) in [6, 6.07) is 0. The molecule has 0 aromatic heterocycles. The van der Waals surface area contributed by atoms with Gasteiger partial charge in [0.05, 0.1) is 6.42 Å². The van der Waals surface area contributed by atoms with E-state index in [4.69, 9.17) is 5.11 Å². The fraction of sp³-hybridized carbons (Fsp3) is 0.857. The summed E-state index contributed by atoms with van der Waals surface area (Å²) in [5, 5.41) is 10.8. The van der Waals surface area contributed by atoms with Crippen LogP contribution in [0.2, 0.25) is 0 Å². The SMILES string of the molecule is CC(C)(NCCC(F)(F)F)C(=O)O. The molecule has 0 saturated carbocycles. The lowest BCUT2D eigenvalue weighted by atomic mass is 10.1. The van der Waals surface area contributed by atoms with E-state index in [-0.39, 0.29) is 6.54 Å². The Kier molecular flexibility index (Phi) is 3.71. The molecule has 0 aromatic rings. The number of carbonyl (C=O) groups is 1. The molecule has 0 saturated heterocycles. The van der Waals surface area contributed by atoms with Gasteiger partial charge in [-0.2, -0.15) is 13.2 Å². The molecule has 0 rings (SSSR count). The number of nitrogens with one attached hydrogen (secondary N) is 1. The molecule has 0 fully saturated rings. The first-order valence-corrected chi connectivity index (χ1v) is 3.70. The highest BCUT2D eigenvalue weighted by atomic mass is 19.4. The van der Waals surface area contributed by atoms with Gasteiger partial charge in [-0.15, -0.1) is 0 Å². The molecule has 0 radical (unpaired) electrons. The van der Waals surface area contributed by atoms with Crippen LogP contribution in [0, 0.1) is 0 Å². The lowest BCUT2D eigenvalue weighted by Crippen LogP contribution is -2.47. The molecule has 0 aliphatic heterocycles. The minimum atomic E-state index is -4.25. The van der Waals surface area contributed by atoms with Crippen LogP contribution in [0.4, 0.5) is 13.2 Å². The van der Waals surface area contributed by atoms with Gasteiger partial charge in [0.25, 0.3) is 0 Å². The van der Waals surface area contributed by atoms with Crippen molar-refractivity contribution in [3.8, 4) is 0 Å². The second kappa shape index (κ2) is 3.95. The third-order valence-electron chi connectivity index (χ3n) is 1.51. The van der Waals surface area contributed by atoms with Crippen LogP contribution in [-0.2, 0) is 4.79 Å². The smallest absolute Gasteiger partial charge is 0.390 e. The molecule has 78 valence electrons. The Morgan fingerprint density at radius 2 is 1.85 bits per heavy atom. The van der Waals surface area contributed by atoms with Gasteiger partial charge in [0, 0.05) is 6.54 Å². The van der Waals surface area contributed by atoms with E-state index in [0.717, 1.165) is 0 Å². The molecule has 6 heteroatoms.